The molecule has 6 heteroatoms. The molecule has 0 aliphatic carbocycles. The summed E-state index contributed by atoms with van der Waals surface area (Å²) in [6.45, 7) is 0.716. The van der Waals surface area contributed by atoms with Gasteiger partial charge in [-0.25, -0.2) is 9.78 Å². The smallest absolute Gasteiger partial charge is 0.354 e. The van der Waals surface area contributed by atoms with Crippen molar-refractivity contribution in [3.05, 3.63) is 27.9 Å². The minimum Gasteiger partial charge on any atom is -0.477 e. The number of aromatic carboxylic acids is 1. The van der Waals surface area contributed by atoms with E-state index in [2.05, 4.69) is 9.97 Å². The van der Waals surface area contributed by atoms with Crippen LogP contribution in [0.3, 0.4) is 0 Å². The summed E-state index contributed by atoms with van der Waals surface area (Å²) < 4.78 is 5.39. The van der Waals surface area contributed by atoms with E-state index in [9.17, 15) is 9.59 Å². The van der Waals surface area contributed by atoms with Gasteiger partial charge in [0.25, 0.3) is 5.56 Å². The van der Waals surface area contributed by atoms with Crippen LogP contribution >= 0.6 is 0 Å². The summed E-state index contributed by atoms with van der Waals surface area (Å²) in [6.07, 6.45) is 2.40. The zero-order valence-electron chi connectivity index (χ0n) is 8.60. The fourth-order valence-electron chi connectivity index (χ4n) is 1.74. The van der Waals surface area contributed by atoms with Crippen molar-refractivity contribution in [2.75, 3.05) is 6.61 Å². The van der Waals surface area contributed by atoms with Crippen LogP contribution < -0.4 is 5.56 Å². The Labute approximate surface area is 91.3 Å². The molecule has 2 heterocycles. The second-order valence-electron chi connectivity index (χ2n) is 3.72. The average molecular weight is 224 g/mol. The molecule has 0 bridgehead atoms. The Morgan fingerprint density at radius 2 is 2.50 bits per heavy atom. The average Bonchev–Trinajstić information content (AvgIpc) is 2.69. The van der Waals surface area contributed by atoms with Gasteiger partial charge in [-0.15, -0.1) is 0 Å². The van der Waals surface area contributed by atoms with Crippen LogP contribution in [0, 0.1) is 0 Å². The first-order valence-electron chi connectivity index (χ1n) is 5.10. The van der Waals surface area contributed by atoms with Crippen LogP contribution in [0.4, 0.5) is 0 Å². The first kappa shape index (κ1) is 10.8. The molecule has 2 N–H and O–H groups in total. The lowest BCUT2D eigenvalue weighted by molar-refractivity contribution is 0.0688. The van der Waals surface area contributed by atoms with Crippen LogP contribution in [-0.4, -0.2) is 33.8 Å². The van der Waals surface area contributed by atoms with Gasteiger partial charge in [0.15, 0.2) is 5.69 Å². The predicted molar refractivity (Wildman–Crippen MR) is 54.5 cm³/mol. The Morgan fingerprint density at radius 1 is 1.69 bits per heavy atom. The van der Waals surface area contributed by atoms with Gasteiger partial charge < -0.3 is 14.8 Å². The predicted octanol–water partition coefficient (Wildman–Crippen LogP) is 0.190. The zero-order valence-corrected chi connectivity index (χ0v) is 8.60. The van der Waals surface area contributed by atoms with Crippen molar-refractivity contribution in [3.63, 3.8) is 0 Å². The molecule has 1 saturated heterocycles. The van der Waals surface area contributed by atoms with Gasteiger partial charge >= 0.3 is 5.97 Å². The van der Waals surface area contributed by atoms with Crippen molar-refractivity contribution >= 4 is 5.97 Å². The van der Waals surface area contributed by atoms with Gasteiger partial charge in [-0.3, -0.25) is 4.79 Å². The number of hydrogen-bond acceptors (Lipinski definition) is 4. The van der Waals surface area contributed by atoms with Gasteiger partial charge in [0.2, 0.25) is 0 Å². The molecule has 0 aromatic carbocycles. The fourth-order valence-corrected chi connectivity index (χ4v) is 1.74. The summed E-state index contributed by atoms with van der Waals surface area (Å²) in [6, 6.07) is 0.974. The highest BCUT2D eigenvalue weighted by atomic mass is 16.5. The van der Waals surface area contributed by atoms with Crippen molar-refractivity contribution in [1.29, 1.82) is 0 Å². The molecule has 0 radical (unpaired) electrons. The number of H-pyrrole nitrogens is 1. The second-order valence-corrected chi connectivity index (χ2v) is 3.72. The standard InChI is InChI=1S/C10H12N2O4/c13-9-5-7(10(14)15)11-8(12-9)4-6-2-1-3-16-6/h5-6H,1-4H2,(H,14,15)(H,11,12,13). The van der Waals surface area contributed by atoms with Crippen molar-refractivity contribution in [2.45, 2.75) is 25.4 Å². The van der Waals surface area contributed by atoms with Gasteiger partial charge in [0.05, 0.1) is 6.10 Å². The highest BCUT2D eigenvalue weighted by molar-refractivity contribution is 5.85. The molecule has 1 aliphatic rings. The summed E-state index contributed by atoms with van der Waals surface area (Å²) in [5, 5.41) is 8.75. The number of nitrogens with one attached hydrogen (secondary N) is 1. The third kappa shape index (κ3) is 2.46. The normalized spacial score (nSPS) is 19.9. The number of rotatable bonds is 3. The number of carbonyl (C=O) groups is 1. The molecule has 6 nitrogen and oxygen atoms in total. The minimum absolute atomic E-state index is 0.0344. The minimum atomic E-state index is -1.19. The van der Waals surface area contributed by atoms with E-state index in [1.54, 1.807) is 0 Å². The molecule has 0 amide bonds. The Kier molecular flexibility index (Phi) is 3.00. The van der Waals surface area contributed by atoms with Gasteiger partial charge in [-0.2, -0.15) is 0 Å². The van der Waals surface area contributed by atoms with E-state index >= 15 is 0 Å². The van der Waals surface area contributed by atoms with Crippen LogP contribution in [0.1, 0.15) is 29.2 Å². The Bertz CT molecular complexity index is 448. The number of aromatic nitrogens is 2. The summed E-state index contributed by atoms with van der Waals surface area (Å²) in [4.78, 5) is 28.3. The SMILES string of the molecule is O=C(O)c1cc(=O)[nH]c(CC2CCCO2)n1. The summed E-state index contributed by atoms with van der Waals surface area (Å²) in [5.74, 6) is -0.823. The molecular weight excluding hydrogens is 212 g/mol. The monoisotopic (exact) mass is 224 g/mol. The fraction of sp³-hybridized carbons (Fsp3) is 0.500. The first-order chi connectivity index (χ1) is 7.65. The van der Waals surface area contributed by atoms with Crippen molar-refractivity contribution in [2.24, 2.45) is 0 Å². The molecule has 0 spiro atoms. The number of nitrogens with zero attached hydrogens (tertiary/aromatic N) is 1. The van der Waals surface area contributed by atoms with Crippen LogP contribution in [-0.2, 0) is 11.2 Å². The quantitative estimate of drug-likeness (QED) is 0.764. The van der Waals surface area contributed by atoms with E-state index < -0.39 is 11.5 Å². The molecule has 2 rings (SSSR count). The molecule has 1 atom stereocenters. The lowest BCUT2D eigenvalue weighted by Crippen LogP contribution is -2.19. The summed E-state index contributed by atoms with van der Waals surface area (Å²) >= 11 is 0. The molecule has 1 fully saturated rings. The maximum Gasteiger partial charge on any atom is 0.354 e. The molecule has 0 saturated carbocycles. The number of aromatic amines is 1. The van der Waals surface area contributed by atoms with E-state index in [0.717, 1.165) is 18.9 Å². The van der Waals surface area contributed by atoms with E-state index in [1.807, 2.05) is 0 Å². The van der Waals surface area contributed by atoms with E-state index in [-0.39, 0.29) is 11.8 Å². The van der Waals surface area contributed by atoms with Crippen molar-refractivity contribution < 1.29 is 14.6 Å². The molecule has 86 valence electrons. The molecule has 1 aromatic heterocycles. The molecule has 1 unspecified atom stereocenters. The van der Waals surface area contributed by atoms with Gasteiger partial charge in [0.1, 0.15) is 5.82 Å². The highest BCUT2D eigenvalue weighted by Gasteiger charge is 2.18. The topological polar surface area (TPSA) is 92.3 Å². The lowest BCUT2D eigenvalue weighted by atomic mass is 10.2. The van der Waals surface area contributed by atoms with E-state index in [0.29, 0.717) is 18.9 Å². The van der Waals surface area contributed by atoms with E-state index in [4.69, 9.17) is 9.84 Å². The largest absolute Gasteiger partial charge is 0.477 e. The van der Waals surface area contributed by atoms with Gasteiger partial charge in [0, 0.05) is 19.1 Å². The number of hydrogen-bond donors (Lipinski definition) is 2. The van der Waals surface area contributed by atoms with Crippen molar-refractivity contribution in [1.82, 2.24) is 9.97 Å². The Morgan fingerprint density at radius 3 is 3.12 bits per heavy atom. The van der Waals surface area contributed by atoms with Crippen molar-refractivity contribution in [3.8, 4) is 0 Å². The molecule has 16 heavy (non-hydrogen) atoms. The highest BCUT2D eigenvalue weighted by Crippen LogP contribution is 2.14. The van der Waals surface area contributed by atoms with Crippen LogP contribution in [0.15, 0.2) is 10.9 Å². The maximum absolute atomic E-state index is 11.2. The second kappa shape index (κ2) is 4.44. The Balaban J connectivity index is 2.19. The number of carboxylic acids is 1. The lowest BCUT2D eigenvalue weighted by Gasteiger charge is -2.08. The Hall–Kier alpha value is -1.69. The van der Waals surface area contributed by atoms with Crippen LogP contribution in [0.25, 0.3) is 0 Å². The maximum atomic E-state index is 11.2. The van der Waals surface area contributed by atoms with Gasteiger partial charge in [-0.1, -0.05) is 0 Å². The number of carboxylic acid groups (broad SMARTS) is 1. The molecule has 1 aliphatic heterocycles. The van der Waals surface area contributed by atoms with Crippen LogP contribution in [0.5, 0.6) is 0 Å². The molecule has 1 aromatic rings. The summed E-state index contributed by atoms with van der Waals surface area (Å²) in [5.41, 5.74) is -0.669. The summed E-state index contributed by atoms with van der Waals surface area (Å²) in [7, 11) is 0. The number of ether oxygens (including phenoxy) is 1. The van der Waals surface area contributed by atoms with Gasteiger partial charge in [-0.05, 0) is 12.8 Å². The van der Waals surface area contributed by atoms with E-state index in [1.165, 1.54) is 0 Å². The molecular formula is C10H12N2O4. The first-order valence-corrected chi connectivity index (χ1v) is 5.10. The third-order valence-corrected chi connectivity index (χ3v) is 2.45. The van der Waals surface area contributed by atoms with Crippen LogP contribution in [0.2, 0.25) is 0 Å². The zero-order chi connectivity index (χ0) is 11.5. The third-order valence-electron chi connectivity index (χ3n) is 2.45.